The Morgan fingerprint density at radius 3 is 1.83 bits per heavy atom. The molecule has 0 saturated heterocycles. The minimum absolute atomic E-state index is 0.102. The Bertz CT molecular complexity index is 58.6. The van der Waals surface area contributed by atoms with Crippen LogP contribution in [-0.4, -0.2) is 8.80 Å². The molecule has 0 spiro atoms. The van der Waals surface area contributed by atoms with Gasteiger partial charge in [0, 0.05) is 0 Å². The molecule has 0 aromatic rings. The molecule has 0 aliphatic heterocycles. The molecule has 0 nitrogen and oxygen atoms in total. The highest BCUT2D eigenvalue weighted by atomic mass is 28.3. The molecular weight excluding hydrogens is 95.1 g/mol. The van der Waals surface area contributed by atoms with Crippen molar-refractivity contribution >= 4 is 8.80 Å². The van der Waals surface area contributed by atoms with Gasteiger partial charge < -0.3 is 0 Å². The summed E-state index contributed by atoms with van der Waals surface area (Å²) in [5.41, 5.74) is -0.102. The number of hydrogen-bond donors (Lipinski definition) is 0. The summed E-state index contributed by atoms with van der Waals surface area (Å²) in [6.45, 7) is 6.96. The van der Waals surface area contributed by atoms with Crippen molar-refractivity contribution in [3.05, 3.63) is 12.0 Å². The molecule has 6 heavy (non-hydrogen) atoms. The van der Waals surface area contributed by atoms with Gasteiger partial charge in [-0.05, 0) is 0 Å². The molecule has 36 valence electrons. The fraction of sp³-hybridized carbons (Fsp3) is 0.500. The second-order valence-electron chi connectivity index (χ2n) is 1.60. The molecule has 0 unspecified atom stereocenters. The molecule has 0 fully saturated rings. The highest BCUT2D eigenvalue weighted by Gasteiger charge is 1.95. The Kier molecular flexibility index (Phi) is 2.09. The molecule has 0 saturated carbocycles. The highest BCUT2D eigenvalue weighted by molar-refractivity contribution is 6.62. The summed E-state index contributed by atoms with van der Waals surface area (Å²) in [6, 6.07) is 0. The number of halogens is 1. The molecule has 0 aliphatic rings. The van der Waals surface area contributed by atoms with E-state index in [9.17, 15) is 4.39 Å². The third-order valence-corrected chi connectivity index (χ3v) is 1.88. The fourth-order valence-corrected chi connectivity index (χ4v) is 0. The van der Waals surface area contributed by atoms with E-state index in [-0.39, 0.29) is 5.45 Å². The maximum atomic E-state index is 11.7. The molecule has 0 atom stereocenters. The van der Waals surface area contributed by atoms with Gasteiger partial charge in [-0.3, -0.25) is 0 Å². The lowest BCUT2D eigenvalue weighted by molar-refractivity contribution is 0.691. The average Bonchev–Trinajstić information content (AvgIpc) is 1.36. The number of rotatable bonds is 1. The topological polar surface area (TPSA) is 0 Å². The van der Waals surface area contributed by atoms with E-state index in [0.717, 1.165) is 0 Å². The van der Waals surface area contributed by atoms with Crippen LogP contribution >= 0.6 is 0 Å². The zero-order valence-electron chi connectivity index (χ0n) is 4.16. The molecule has 0 radical (unpaired) electrons. The molecule has 0 aromatic heterocycles. The predicted octanol–water partition coefficient (Wildman–Crippen LogP) is 1.50. The van der Waals surface area contributed by atoms with Crippen molar-refractivity contribution in [1.29, 1.82) is 0 Å². The minimum Gasteiger partial charge on any atom is -0.218 e. The number of hydrogen-bond acceptors (Lipinski definition) is 0. The first kappa shape index (κ1) is 5.89. The zero-order chi connectivity index (χ0) is 5.15. The molecule has 0 bridgehead atoms. The van der Waals surface area contributed by atoms with Crippen LogP contribution in [0.2, 0.25) is 13.1 Å². The van der Waals surface area contributed by atoms with Crippen LogP contribution in [0.3, 0.4) is 0 Å². The standard InChI is InChI=1S/C4H9FSi/c1-4(5)6(2)3/h6H,1H2,2-3H3. The Balaban J connectivity index is 3.26. The summed E-state index contributed by atoms with van der Waals surface area (Å²) in [4.78, 5) is 0. The lowest BCUT2D eigenvalue weighted by atomic mass is 11.2. The van der Waals surface area contributed by atoms with Gasteiger partial charge in [-0.1, -0.05) is 19.7 Å². The van der Waals surface area contributed by atoms with Gasteiger partial charge in [-0.15, -0.1) is 0 Å². The van der Waals surface area contributed by atoms with E-state index in [2.05, 4.69) is 6.58 Å². The quantitative estimate of drug-likeness (QED) is 0.442. The summed E-state index contributed by atoms with van der Waals surface area (Å²) in [7, 11) is -1.10. The molecule has 0 N–H and O–H groups in total. The predicted molar refractivity (Wildman–Crippen MR) is 29.1 cm³/mol. The molecule has 0 aliphatic carbocycles. The van der Waals surface area contributed by atoms with E-state index in [4.69, 9.17) is 0 Å². The van der Waals surface area contributed by atoms with Crippen molar-refractivity contribution < 1.29 is 4.39 Å². The molecule has 0 amide bonds. The fourth-order valence-electron chi connectivity index (χ4n) is 0. The summed E-state index contributed by atoms with van der Waals surface area (Å²) >= 11 is 0. The van der Waals surface area contributed by atoms with E-state index >= 15 is 0 Å². The van der Waals surface area contributed by atoms with Crippen molar-refractivity contribution in [2.45, 2.75) is 13.1 Å². The van der Waals surface area contributed by atoms with Gasteiger partial charge in [-0.2, -0.15) is 0 Å². The van der Waals surface area contributed by atoms with Crippen LogP contribution in [0.25, 0.3) is 0 Å². The maximum Gasteiger partial charge on any atom is 0.100 e. The average molecular weight is 104 g/mol. The SMILES string of the molecule is C=C(F)[SiH](C)C. The first-order chi connectivity index (χ1) is 2.64. The normalized spacial score (nSPS) is 9.33. The van der Waals surface area contributed by atoms with Gasteiger partial charge in [0.25, 0.3) is 0 Å². The molecule has 0 heterocycles. The largest absolute Gasteiger partial charge is 0.218 e. The summed E-state index contributed by atoms with van der Waals surface area (Å²) in [6.07, 6.45) is 0. The molecular formula is C4H9FSi. The molecule has 0 rings (SSSR count). The van der Waals surface area contributed by atoms with E-state index < -0.39 is 8.80 Å². The Hall–Kier alpha value is -0.113. The first-order valence-corrected chi connectivity index (χ1v) is 4.87. The summed E-state index contributed by atoms with van der Waals surface area (Å²) in [5.74, 6) is 0. The second-order valence-corrected chi connectivity index (χ2v) is 4.54. The van der Waals surface area contributed by atoms with Crippen molar-refractivity contribution in [3.63, 3.8) is 0 Å². The Morgan fingerprint density at radius 2 is 1.83 bits per heavy atom. The minimum atomic E-state index is -1.10. The van der Waals surface area contributed by atoms with E-state index in [1.165, 1.54) is 0 Å². The second kappa shape index (κ2) is 2.13. The Morgan fingerprint density at radius 1 is 1.67 bits per heavy atom. The zero-order valence-corrected chi connectivity index (χ0v) is 5.32. The third kappa shape index (κ3) is 2.14. The van der Waals surface area contributed by atoms with Gasteiger partial charge in [0.1, 0.15) is 8.80 Å². The highest BCUT2D eigenvalue weighted by Crippen LogP contribution is 1.95. The van der Waals surface area contributed by atoms with Crippen LogP contribution < -0.4 is 0 Å². The van der Waals surface area contributed by atoms with Crippen LogP contribution in [0.5, 0.6) is 0 Å². The summed E-state index contributed by atoms with van der Waals surface area (Å²) < 4.78 is 11.7. The maximum absolute atomic E-state index is 11.7. The summed E-state index contributed by atoms with van der Waals surface area (Å²) in [5, 5.41) is 0. The van der Waals surface area contributed by atoms with Crippen molar-refractivity contribution in [1.82, 2.24) is 0 Å². The Labute approximate surface area is 39.3 Å². The van der Waals surface area contributed by atoms with Gasteiger partial charge in [0.05, 0.1) is 5.45 Å². The van der Waals surface area contributed by atoms with Crippen LogP contribution in [0.15, 0.2) is 12.0 Å². The monoisotopic (exact) mass is 104 g/mol. The van der Waals surface area contributed by atoms with Gasteiger partial charge in [0.15, 0.2) is 0 Å². The van der Waals surface area contributed by atoms with Crippen molar-refractivity contribution in [2.75, 3.05) is 0 Å². The van der Waals surface area contributed by atoms with E-state index in [0.29, 0.717) is 0 Å². The lowest BCUT2D eigenvalue weighted by Gasteiger charge is -1.90. The molecule has 2 heteroatoms. The van der Waals surface area contributed by atoms with Crippen LogP contribution in [0, 0.1) is 0 Å². The van der Waals surface area contributed by atoms with Crippen LogP contribution in [0.4, 0.5) is 4.39 Å². The van der Waals surface area contributed by atoms with Crippen LogP contribution in [0.1, 0.15) is 0 Å². The van der Waals surface area contributed by atoms with Gasteiger partial charge in [0.2, 0.25) is 0 Å². The lowest BCUT2D eigenvalue weighted by Crippen LogP contribution is -1.97. The van der Waals surface area contributed by atoms with Gasteiger partial charge >= 0.3 is 0 Å². The van der Waals surface area contributed by atoms with E-state index in [1.54, 1.807) is 0 Å². The van der Waals surface area contributed by atoms with Gasteiger partial charge in [-0.25, -0.2) is 4.39 Å². The van der Waals surface area contributed by atoms with Crippen molar-refractivity contribution in [2.24, 2.45) is 0 Å². The molecule has 0 aromatic carbocycles. The smallest absolute Gasteiger partial charge is 0.100 e. The van der Waals surface area contributed by atoms with E-state index in [1.807, 2.05) is 13.1 Å². The van der Waals surface area contributed by atoms with Crippen molar-refractivity contribution in [3.8, 4) is 0 Å². The first-order valence-electron chi connectivity index (χ1n) is 1.99. The van der Waals surface area contributed by atoms with Crippen LogP contribution in [-0.2, 0) is 0 Å². The third-order valence-electron chi connectivity index (χ3n) is 0.626.